The SMILES string of the molecule is Cc1cc(C)n2nc(C)c(C(=O)N3CCCC(N4CCNCC4=O)C3)c2n1. The van der Waals surface area contributed by atoms with Gasteiger partial charge in [-0.05, 0) is 39.7 Å². The summed E-state index contributed by atoms with van der Waals surface area (Å²) in [5.74, 6) is 0.0907. The molecule has 2 amide bonds. The highest BCUT2D eigenvalue weighted by Gasteiger charge is 2.33. The third-order valence-electron chi connectivity index (χ3n) is 5.53. The van der Waals surface area contributed by atoms with Gasteiger partial charge in [0.2, 0.25) is 5.91 Å². The highest BCUT2D eigenvalue weighted by Crippen LogP contribution is 2.23. The van der Waals surface area contributed by atoms with Gasteiger partial charge in [0.25, 0.3) is 5.91 Å². The van der Waals surface area contributed by atoms with Crippen LogP contribution in [0.5, 0.6) is 0 Å². The number of rotatable bonds is 2. The van der Waals surface area contributed by atoms with Crippen LogP contribution in [0.15, 0.2) is 6.07 Å². The number of amides is 2. The molecule has 2 aromatic heterocycles. The Labute approximate surface area is 158 Å². The molecule has 0 aliphatic carbocycles. The third-order valence-corrected chi connectivity index (χ3v) is 5.53. The van der Waals surface area contributed by atoms with Gasteiger partial charge in [-0.3, -0.25) is 9.59 Å². The Bertz CT molecular complexity index is 905. The first-order valence-electron chi connectivity index (χ1n) is 9.58. The van der Waals surface area contributed by atoms with Crippen LogP contribution in [0, 0.1) is 20.8 Å². The molecule has 0 spiro atoms. The lowest BCUT2D eigenvalue weighted by Gasteiger charge is -2.41. The number of carbonyl (C=O) groups is 2. The van der Waals surface area contributed by atoms with Crippen molar-refractivity contribution in [2.24, 2.45) is 0 Å². The molecule has 8 nitrogen and oxygen atoms in total. The molecule has 2 aliphatic heterocycles. The second kappa shape index (κ2) is 6.92. The van der Waals surface area contributed by atoms with Crippen LogP contribution in [-0.4, -0.2) is 75.0 Å². The fourth-order valence-electron chi connectivity index (χ4n) is 4.24. The molecule has 0 saturated carbocycles. The van der Waals surface area contributed by atoms with Gasteiger partial charge in [0.1, 0.15) is 5.56 Å². The Balaban J connectivity index is 1.62. The molecule has 0 bridgehead atoms. The zero-order valence-corrected chi connectivity index (χ0v) is 16.2. The normalized spacial score (nSPS) is 21.1. The molecule has 2 aromatic rings. The van der Waals surface area contributed by atoms with Crippen LogP contribution >= 0.6 is 0 Å². The molecular weight excluding hydrogens is 344 g/mol. The van der Waals surface area contributed by atoms with E-state index in [-0.39, 0.29) is 17.9 Å². The number of carbonyl (C=O) groups excluding carboxylic acids is 2. The standard InChI is InChI=1S/C19H26N6O2/c1-12-9-13(2)25-18(21-12)17(14(3)22-25)19(27)23-7-4-5-15(11-23)24-8-6-20-10-16(24)26/h9,15,20H,4-8,10-11H2,1-3H3. The van der Waals surface area contributed by atoms with Crippen molar-refractivity contribution in [3.63, 3.8) is 0 Å². The molecule has 1 atom stereocenters. The number of piperidine rings is 1. The summed E-state index contributed by atoms with van der Waals surface area (Å²) in [7, 11) is 0. The molecule has 2 saturated heterocycles. The van der Waals surface area contributed by atoms with Crippen molar-refractivity contribution in [3.8, 4) is 0 Å². The first-order valence-corrected chi connectivity index (χ1v) is 9.58. The molecule has 4 rings (SSSR count). The van der Waals surface area contributed by atoms with Gasteiger partial charge >= 0.3 is 0 Å². The van der Waals surface area contributed by atoms with Crippen molar-refractivity contribution in [1.82, 2.24) is 29.7 Å². The van der Waals surface area contributed by atoms with Crippen molar-refractivity contribution in [1.29, 1.82) is 0 Å². The van der Waals surface area contributed by atoms with Gasteiger partial charge in [-0.25, -0.2) is 9.50 Å². The minimum absolute atomic E-state index is 0.0349. The summed E-state index contributed by atoms with van der Waals surface area (Å²) < 4.78 is 1.75. The number of fused-ring (bicyclic) bond motifs is 1. The second-order valence-electron chi connectivity index (χ2n) is 7.55. The third kappa shape index (κ3) is 3.18. The van der Waals surface area contributed by atoms with Gasteiger partial charge < -0.3 is 15.1 Å². The van der Waals surface area contributed by atoms with Gasteiger partial charge in [-0.2, -0.15) is 5.10 Å². The summed E-state index contributed by atoms with van der Waals surface area (Å²) in [5, 5.41) is 7.63. The van der Waals surface area contributed by atoms with E-state index in [1.165, 1.54) is 0 Å². The average molecular weight is 370 g/mol. The molecule has 8 heteroatoms. The minimum atomic E-state index is -0.0349. The Morgan fingerprint density at radius 1 is 1.26 bits per heavy atom. The monoisotopic (exact) mass is 370 g/mol. The van der Waals surface area contributed by atoms with E-state index in [1.807, 2.05) is 36.6 Å². The van der Waals surface area contributed by atoms with Crippen molar-refractivity contribution in [2.75, 3.05) is 32.7 Å². The zero-order chi connectivity index (χ0) is 19.1. The van der Waals surface area contributed by atoms with E-state index in [1.54, 1.807) is 4.52 Å². The van der Waals surface area contributed by atoms with Gasteiger partial charge in [-0.1, -0.05) is 0 Å². The van der Waals surface area contributed by atoms with Crippen molar-refractivity contribution >= 4 is 17.5 Å². The first-order chi connectivity index (χ1) is 13.0. The second-order valence-corrected chi connectivity index (χ2v) is 7.55. The lowest BCUT2D eigenvalue weighted by atomic mass is 10.0. The molecular formula is C19H26N6O2. The summed E-state index contributed by atoms with van der Waals surface area (Å²) in [6.45, 7) is 8.94. The highest BCUT2D eigenvalue weighted by atomic mass is 16.2. The maximum absolute atomic E-state index is 13.3. The van der Waals surface area contributed by atoms with Crippen LogP contribution < -0.4 is 5.32 Å². The molecule has 144 valence electrons. The smallest absolute Gasteiger partial charge is 0.259 e. The number of nitrogens with zero attached hydrogens (tertiary/aromatic N) is 5. The van der Waals surface area contributed by atoms with Crippen LogP contribution in [0.25, 0.3) is 5.65 Å². The van der Waals surface area contributed by atoms with E-state index in [9.17, 15) is 9.59 Å². The van der Waals surface area contributed by atoms with Crippen molar-refractivity contribution in [3.05, 3.63) is 28.7 Å². The van der Waals surface area contributed by atoms with Gasteiger partial charge in [0.15, 0.2) is 5.65 Å². The van der Waals surface area contributed by atoms with E-state index >= 15 is 0 Å². The number of hydrogen-bond acceptors (Lipinski definition) is 5. The predicted molar refractivity (Wildman–Crippen MR) is 101 cm³/mol. The quantitative estimate of drug-likeness (QED) is 0.841. The van der Waals surface area contributed by atoms with Crippen LogP contribution in [0.4, 0.5) is 0 Å². The lowest BCUT2D eigenvalue weighted by molar-refractivity contribution is -0.135. The van der Waals surface area contributed by atoms with E-state index in [2.05, 4.69) is 15.4 Å². The molecule has 27 heavy (non-hydrogen) atoms. The predicted octanol–water partition coefficient (Wildman–Crippen LogP) is 0.691. The Kier molecular flexibility index (Phi) is 4.59. The lowest BCUT2D eigenvalue weighted by Crippen LogP contribution is -2.57. The van der Waals surface area contributed by atoms with E-state index in [0.717, 1.165) is 30.8 Å². The summed E-state index contributed by atoms with van der Waals surface area (Å²) in [6.07, 6.45) is 1.84. The number of piperazine rings is 1. The van der Waals surface area contributed by atoms with E-state index in [4.69, 9.17) is 0 Å². The van der Waals surface area contributed by atoms with Crippen LogP contribution in [0.1, 0.15) is 40.3 Å². The summed E-state index contributed by atoms with van der Waals surface area (Å²) in [4.78, 5) is 34.0. The van der Waals surface area contributed by atoms with Gasteiger partial charge in [0.05, 0.1) is 12.2 Å². The highest BCUT2D eigenvalue weighted by molar-refractivity contribution is 6.01. The van der Waals surface area contributed by atoms with Crippen LogP contribution in [-0.2, 0) is 4.79 Å². The largest absolute Gasteiger partial charge is 0.336 e. The molecule has 1 N–H and O–H groups in total. The van der Waals surface area contributed by atoms with Crippen LogP contribution in [0.3, 0.4) is 0 Å². The van der Waals surface area contributed by atoms with Crippen molar-refractivity contribution in [2.45, 2.75) is 39.7 Å². The number of likely N-dealkylation sites (tertiary alicyclic amines) is 1. The summed E-state index contributed by atoms with van der Waals surface area (Å²) in [6, 6.07) is 2.05. The minimum Gasteiger partial charge on any atom is -0.336 e. The topological polar surface area (TPSA) is 82.8 Å². The Morgan fingerprint density at radius 2 is 2.07 bits per heavy atom. The molecule has 2 aliphatic rings. The molecule has 0 radical (unpaired) electrons. The molecule has 2 fully saturated rings. The molecule has 1 unspecified atom stereocenters. The molecule has 4 heterocycles. The fourth-order valence-corrected chi connectivity index (χ4v) is 4.24. The number of aryl methyl sites for hydroxylation is 3. The summed E-state index contributed by atoms with van der Waals surface area (Å²) in [5.41, 5.74) is 3.73. The summed E-state index contributed by atoms with van der Waals surface area (Å²) >= 11 is 0. The molecule has 0 aromatic carbocycles. The first kappa shape index (κ1) is 17.9. The van der Waals surface area contributed by atoms with E-state index < -0.39 is 0 Å². The number of nitrogens with one attached hydrogen (secondary N) is 1. The maximum atomic E-state index is 13.3. The maximum Gasteiger partial charge on any atom is 0.259 e. The zero-order valence-electron chi connectivity index (χ0n) is 16.2. The van der Waals surface area contributed by atoms with Crippen LogP contribution in [0.2, 0.25) is 0 Å². The van der Waals surface area contributed by atoms with Crippen molar-refractivity contribution < 1.29 is 9.59 Å². The Hall–Kier alpha value is -2.48. The van der Waals surface area contributed by atoms with Gasteiger partial charge in [0, 0.05) is 43.6 Å². The number of hydrogen-bond donors (Lipinski definition) is 1. The van der Waals surface area contributed by atoms with Gasteiger partial charge in [-0.15, -0.1) is 0 Å². The Morgan fingerprint density at radius 3 is 2.85 bits per heavy atom. The fraction of sp³-hybridized carbons (Fsp3) is 0.579. The number of aromatic nitrogens is 3. The average Bonchev–Trinajstić information content (AvgIpc) is 2.98. The van der Waals surface area contributed by atoms with E-state index in [0.29, 0.717) is 43.1 Å².